The molecule has 1 heterocycles. The zero-order valence-corrected chi connectivity index (χ0v) is 11.4. The number of carbonyl (C=O) groups excluding carboxylic acids is 1. The molecular formula is C15H26N2O. The van der Waals surface area contributed by atoms with Crippen LogP contribution < -0.4 is 5.32 Å². The van der Waals surface area contributed by atoms with Gasteiger partial charge in [0.15, 0.2) is 0 Å². The Bertz CT molecular complexity index is 277. The van der Waals surface area contributed by atoms with Gasteiger partial charge in [0.1, 0.15) is 0 Å². The molecule has 2 aliphatic carbocycles. The Morgan fingerprint density at radius 1 is 1.06 bits per heavy atom. The van der Waals surface area contributed by atoms with Crippen LogP contribution in [0.5, 0.6) is 0 Å². The third-order valence-corrected chi connectivity index (χ3v) is 4.57. The van der Waals surface area contributed by atoms with Gasteiger partial charge in [-0.25, -0.2) is 0 Å². The number of nitrogens with zero attached hydrogens (tertiary/aromatic N) is 1. The molecule has 0 aromatic carbocycles. The Kier molecular flexibility index (Phi) is 3.88. The highest BCUT2D eigenvalue weighted by Crippen LogP contribution is 2.34. The van der Waals surface area contributed by atoms with Crippen molar-refractivity contribution < 1.29 is 4.79 Å². The van der Waals surface area contributed by atoms with Gasteiger partial charge >= 0.3 is 0 Å². The minimum absolute atomic E-state index is 0.419. The molecule has 1 amide bonds. The molecule has 1 aliphatic heterocycles. The lowest BCUT2D eigenvalue weighted by Crippen LogP contribution is -2.35. The Hall–Kier alpha value is -0.570. The first-order valence-corrected chi connectivity index (χ1v) is 7.82. The molecule has 18 heavy (non-hydrogen) atoms. The molecule has 0 aromatic heterocycles. The molecule has 1 unspecified atom stereocenters. The van der Waals surface area contributed by atoms with Gasteiger partial charge in [0, 0.05) is 25.6 Å². The third-order valence-electron chi connectivity index (χ3n) is 4.57. The minimum Gasteiger partial charge on any atom is -0.342 e. The SMILES string of the molecule is O=C(CCC1CCCN1)N(CC1CC1)CC1CC1. The first kappa shape index (κ1) is 12.5. The van der Waals surface area contributed by atoms with Crippen LogP contribution in [0.25, 0.3) is 0 Å². The smallest absolute Gasteiger partial charge is 0.222 e. The van der Waals surface area contributed by atoms with Gasteiger partial charge in [-0.15, -0.1) is 0 Å². The number of nitrogens with one attached hydrogen (secondary N) is 1. The fourth-order valence-electron chi connectivity index (χ4n) is 2.96. The van der Waals surface area contributed by atoms with E-state index in [1.807, 2.05) is 0 Å². The number of rotatable bonds is 7. The molecule has 0 aromatic rings. The van der Waals surface area contributed by atoms with Gasteiger partial charge in [-0.3, -0.25) is 4.79 Å². The molecule has 0 radical (unpaired) electrons. The molecule has 1 saturated heterocycles. The number of carbonyl (C=O) groups is 1. The summed E-state index contributed by atoms with van der Waals surface area (Å²) in [5.41, 5.74) is 0. The minimum atomic E-state index is 0.419. The molecule has 2 saturated carbocycles. The van der Waals surface area contributed by atoms with E-state index in [1.165, 1.54) is 38.5 Å². The maximum atomic E-state index is 12.3. The predicted molar refractivity (Wildman–Crippen MR) is 72.3 cm³/mol. The monoisotopic (exact) mass is 250 g/mol. The lowest BCUT2D eigenvalue weighted by molar-refractivity contribution is -0.132. The van der Waals surface area contributed by atoms with E-state index in [2.05, 4.69) is 10.2 Å². The van der Waals surface area contributed by atoms with Crippen molar-refractivity contribution in [2.75, 3.05) is 19.6 Å². The number of hydrogen-bond donors (Lipinski definition) is 1. The van der Waals surface area contributed by atoms with E-state index in [1.54, 1.807) is 0 Å². The average Bonchev–Trinajstić information content (AvgIpc) is 3.29. The first-order chi connectivity index (χ1) is 8.81. The van der Waals surface area contributed by atoms with Crippen molar-refractivity contribution >= 4 is 5.91 Å². The summed E-state index contributed by atoms with van der Waals surface area (Å²) in [5.74, 6) is 2.08. The van der Waals surface area contributed by atoms with Crippen LogP contribution in [-0.2, 0) is 4.79 Å². The highest BCUT2D eigenvalue weighted by molar-refractivity contribution is 5.76. The molecule has 3 aliphatic rings. The molecule has 3 heteroatoms. The molecule has 3 fully saturated rings. The van der Waals surface area contributed by atoms with E-state index in [4.69, 9.17) is 0 Å². The lowest BCUT2D eigenvalue weighted by atomic mass is 10.1. The standard InChI is InChI=1S/C15H26N2O/c18-15(8-7-14-2-1-9-16-14)17(10-12-3-4-12)11-13-5-6-13/h12-14,16H,1-11H2. The second-order valence-electron chi connectivity index (χ2n) is 6.52. The molecule has 3 nitrogen and oxygen atoms in total. The van der Waals surface area contributed by atoms with Gasteiger partial charge in [-0.05, 0) is 63.3 Å². The van der Waals surface area contributed by atoms with Gasteiger partial charge in [-0.2, -0.15) is 0 Å². The van der Waals surface area contributed by atoms with Crippen molar-refractivity contribution in [1.82, 2.24) is 10.2 Å². The second kappa shape index (κ2) is 5.60. The summed E-state index contributed by atoms with van der Waals surface area (Å²) in [6.45, 7) is 3.24. The summed E-state index contributed by atoms with van der Waals surface area (Å²) in [7, 11) is 0. The highest BCUT2D eigenvalue weighted by Gasteiger charge is 2.31. The number of hydrogen-bond acceptors (Lipinski definition) is 2. The zero-order valence-electron chi connectivity index (χ0n) is 11.4. The first-order valence-electron chi connectivity index (χ1n) is 7.82. The van der Waals surface area contributed by atoms with Gasteiger partial charge in [-0.1, -0.05) is 0 Å². The molecule has 1 N–H and O–H groups in total. The summed E-state index contributed by atoms with van der Waals surface area (Å²) < 4.78 is 0. The van der Waals surface area contributed by atoms with Gasteiger partial charge in [0.05, 0.1) is 0 Å². The van der Waals surface area contributed by atoms with Crippen LogP contribution in [0.4, 0.5) is 0 Å². The molecule has 0 bridgehead atoms. The van der Waals surface area contributed by atoms with Crippen LogP contribution in [0.3, 0.4) is 0 Å². The Balaban J connectivity index is 1.43. The van der Waals surface area contributed by atoms with E-state index in [9.17, 15) is 4.79 Å². The third kappa shape index (κ3) is 3.71. The quantitative estimate of drug-likeness (QED) is 0.751. The van der Waals surface area contributed by atoms with Crippen LogP contribution in [0, 0.1) is 11.8 Å². The van der Waals surface area contributed by atoms with Crippen LogP contribution in [0.1, 0.15) is 51.4 Å². The van der Waals surface area contributed by atoms with Crippen molar-refractivity contribution in [3.63, 3.8) is 0 Å². The summed E-state index contributed by atoms with van der Waals surface area (Å²) in [5, 5.41) is 3.49. The second-order valence-corrected chi connectivity index (χ2v) is 6.52. The summed E-state index contributed by atoms with van der Waals surface area (Å²) in [6, 6.07) is 0.609. The molecule has 1 atom stereocenters. The van der Waals surface area contributed by atoms with E-state index >= 15 is 0 Å². The summed E-state index contributed by atoms with van der Waals surface area (Å²) in [6.07, 6.45) is 9.74. The molecule has 3 rings (SSSR count). The lowest BCUT2D eigenvalue weighted by Gasteiger charge is -2.23. The van der Waals surface area contributed by atoms with Crippen molar-refractivity contribution in [2.45, 2.75) is 57.4 Å². The summed E-state index contributed by atoms with van der Waals surface area (Å²) >= 11 is 0. The topological polar surface area (TPSA) is 32.3 Å². The predicted octanol–water partition coefficient (Wildman–Crippen LogP) is 2.17. The zero-order chi connectivity index (χ0) is 12.4. The van der Waals surface area contributed by atoms with Crippen molar-refractivity contribution in [3.05, 3.63) is 0 Å². The van der Waals surface area contributed by atoms with Gasteiger partial charge in [0.2, 0.25) is 5.91 Å². The maximum absolute atomic E-state index is 12.3. The van der Waals surface area contributed by atoms with Crippen LogP contribution >= 0.6 is 0 Å². The van der Waals surface area contributed by atoms with Crippen LogP contribution in [0.15, 0.2) is 0 Å². The highest BCUT2D eigenvalue weighted by atomic mass is 16.2. The maximum Gasteiger partial charge on any atom is 0.222 e. The van der Waals surface area contributed by atoms with E-state index in [0.717, 1.165) is 44.3 Å². The average molecular weight is 250 g/mol. The van der Waals surface area contributed by atoms with E-state index in [0.29, 0.717) is 11.9 Å². The van der Waals surface area contributed by atoms with Crippen LogP contribution in [-0.4, -0.2) is 36.5 Å². The van der Waals surface area contributed by atoms with Crippen molar-refractivity contribution in [2.24, 2.45) is 11.8 Å². The fourth-order valence-corrected chi connectivity index (χ4v) is 2.96. The van der Waals surface area contributed by atoms with Gasteiger partial charge < -0.3 is 10.2 Å². The Morgan fingerprint density at radius 2 is 1.72 bits per heavy atom. The largest absolute Gasteiger partial charge is 0.342 e. The van der Waals surface area contributed by atoms with Crippen molar-refractivity contribution in [1.29, 1.82) is 0 Å². The molecule has 0 spiro atoms. The molecular weight excluding hydrogens is 224 g/mol. The van der Waals surface area contributed by atoms with Crippen LogP contribution in [0.2, 0.25) is 0 Å². The number of amides is 1. The fraction of sp³-hybridized carbons (Fsp3) is 0.933. The van der Waals surface area contributed by atoms with Crippen molar-refractivity contribution in [3.8, 4) is 0 Å². The van der Waals surface area contributed by atoms with Gasteiger partial charge in [0.25, 0.3) is 0 Å². The summed E-state index contributed by atoms with van der Waals surface area (Å²) in [4.78, 5) is 14.5. The van der Waals surface area contributed by atoms with E-state index < -0.39 is 0 Å². The van der Waals surface area contributed by atoms with E-state index in [-0.39, 0.29) is 0 Å². The molecule has 102 valence electrons. The Labute approximate surface area is 110 Å². The normalized spacial score (nSPS) is 27.4. The Morgan fingerprint density at radius 3 is 2.22 bits per heavy atom.